The average molecular weight is 310 g/mol. The van der Waals surface area contributed by atoms with E-state index in [0.29, 0.717) is 12.1 Å². The second-order valence-corrected chi connectivity index (χ2v) is 8.19. The maximum atomic E-state index is 11.8. The Balaban J connectivity index is 1.66. The van der Waals surface area contributed by atoms with Gasteiger partial charge >= 0.3 is 6.09 Å². The first-order chi connectivity index (χ1) is 10.3. The zero-order valence-corrected chi connectivity index (χ0v) is 14.8. The van der Waals surface area contributed by atoms with E-state index in [-0.39, 0.29) is 12.1 Å². The Morgan fingerprint density at radius 3 is 2.09 bits per heavy atom. The Morgan fingerprint density at radius 1 is 1.00 bits per heavy atom. The van der Waals surface area contributed by atoms with Crippen molar-refractivity contribution >= 4 is 6.09 Å². The van der Waals surface area contributed by atoms with E-state index in [1.807, 2.05) is 20.8 Å². The van der Waals surface area contributed by atoms with Crippen LogP contribution in [0, 0.1) is 5.92 Å². The van der Waals surface area contributed by atoms with Crippen molar-refractivity contribution < 1.29 is 9.53 Å². The smallest absolute Gasteiger partial charge is 0.407 e. The van der Waals surface area contributed by atoms with Gasteiger partial charge in [0.2, 0.25) is 0 Å². The van der Waals surface area contributed by atoms with Crippen molar-refractivity contribution in [2.24, 2.45) is 5.92 Å². The van der Waals surface area contributed by atoms with Gasteiger partial charge in [0.25, 0.3) is 0 Å². The topological polar surface area (TPSA) is 50.4 Å². The molecular weight excluding hydrogens is 276 g/mol. The molecule has 128 valence electrons. The molecule has 2 fully saturated rings. The number of rotatable bonds is 4. The molecule has 4 heteroatoms. The molecule has 0 bridgehead atoms. The van der Waals surface area contributed by atoms with Crippen molar-refractivity contribution in [3.8, 4) is 0 Å². The van der Waals surface area contributed by atoms with Gasteiger partial charge in [0, 0.05) is 18.1 Å². The lowest BCUT2D eigenvalue weighted by Crippen LogP contribution is -2.46. The Bertz CT molecular complexity index is 351. The SMILES string of the molecule is C[C@@H](NC1CCC(NC(=O)OC(C)(C)C)CC1)C1CCCC1. The van der Waals surface area contributed by atoms with E-state index in [0.717, 1.165) is 31.6 Å². The Kier molecular flexibility index (Phi) is 6.13. The molecule has 0 aromatic heterocycles. The molecule has 1 amide bonds. The van der Waals surface area contributed by atoms with Crippen LogP contribution in [0.4, 0.5) is 4.79 Å². The fraction of sp³-hybridized carbons (Fsp3) is 0.944. The monoisotopic (exact) mass is 310 g/mol. The molecule has 2 aliphatic carbocycles. The van der Waals surface area contributed by atoms with E-state index in [2.05, 4.69) is 17.6 Å². The third-order valence-corrected chi connectivity index (χ3v) is 5.05. The van der Waals surface area contributed by atoms with Crippen molar-refractivity contribution in [2.75, 3.05) is 0 Å². The highest BCUT2D eigenvalue weighted by Gasteiger charge is 2.28. The maximum Gasteiger partial charge on any atom is 0.407 e. The van der Waals surface area contributed by atoms with E-state index < -0.39 is 5.60 Å². The van der Waals surface area contributed by atoms with Gasteiger partial charge in [0.05, 0.1) is 0 Å². The summed E-state index contributed by atoms with van der Waals surface area (Å²) in [5.74, 6) is 0.873. The van der Waals surface area contributed by atoms with Crippen molar-refractivity contribution in [3.05, 3.63) is 0 Å². The molecule has 2 N–H and O–H groups in total. The van der Waals surface area contributed by atoms with Crippen LogP contribution in [0.3, 0.4) is 0 Å². The lowest BCUT2D eigenvalue weighted by molar-refractivity contribution is 0.0489. The molecule has 2 aliphatic rings. The highest BCUT2D eigenvalue weighted by atomic mass is 16.6. The standard InChI is InChI=1S/C18H34N2O2/c1-13(14-7-5-6-8-14)19-15-9-11-16(12-10-15)20-17(21)22-18(2,3)4/h13-16,19H,5-12H2,1-4H3,(H,20,21)/t13-,15?,16?/m1/s1. The summed E-state index contributed by atoms with van der Waals surface area (Å²) in [6, 6.07) is 1.53. The van der Waals surface area contributed by atoms with Gasteiger partial charge in [-0.25, -0.2) is 4.79 Å². The molecule has 0 aromatic carbocycles. The minimum Gasteiger partial charge on any atom is -0.444 e. The highest BCUT2D eigenvalue weighted by Crippen LogP contribution is 2.29. The summed E-state index contributed by atoms with van der Waals surface area (Å²) >= 11 is 0. The molecule has 1 atom stereocenters. The second kappa shape index (κ2) is 7.67. The van der Waals surface area contributed by atoms with E-state index >= 15 is 0 Å². The summed E-state index contributed by atoms with van der Waals surface area (Å²) < 4.78 is 5.33. The Hall–Kier alpha value is -0.770. The first-order valence-electron chi connectivity index (χ1n) is 9.09. The van der Waals surface area contributed by atoms with Crippen LogP contribution in [0.2, 0.25) is 0 Å². The number of amides is 1. The van der Waals surface area contributed by atoms with Crippen LogP contribution in [0.1, 0.15) is 79.1 Å². The van der Waals surface area contributed by atoms with Crippen LogP contribution >= 0.6 is 0 Å². The summed E-state index contributed by atoms with van der Waals surface area (Å²) in [6.45, 7) is 8.05. The largest absolute Gasteiger partial charge is 0.444 e. The first-order valence-corrected chi connectivity index (χ1v) is 9.09. The van der Waals surface area contributed by atoms with Crippen LogP contribution in [0.5, 0.6) is 0 Å². The van der Waals surface area contributed by atoms with Crippen LogP contribution in [-0.4, -0.2) is 29.8 Å². The third kappa shape index (κ3) is 5.79. The predicted molar refractivity (Wildman–Crippen MR) is 90.0 cm³/mol. The van der Waals surface area contributed by atoms with E-state index in [1.54, 1.807) is 0 Å². The molecule has 0 aromatic rings. The fourth-order valence-corrected chi connectivity index (χ4v) is 3.84. The summed E-state index contributed by atoms with van der Waals surface area (Å²) in [5.41, 5.74) is -0.417. The number of hydrogen-bond donors (Lipinski definition) is 2. The number of carbonyl (C=O) groups excluding carboxylic acids is 1. The van der Waals surface area contributed by atoms with Gasteiger partial charge in [0.1, 0.15) is 5.60 Å². The minimum absolute atomic E-state index is 0.273. The normalized spacial score (nSPS) is 28.4. The number of carbonyl (C=O) groups is 1. The van der Waals surface area contributed by atoms with Crippen LogP contribution in [0.25, 0.3) is 0 Å². The molecule has 0 saturated heterocycles. The van der Waals surface area contributed by atoms with Gasteiger partial charge in [-0.05, 0) is 72.1 Å². The van der Waals surface area contributed by atoms with Crippen molar-refractivity contribution in [2.45, 2.75) is 103 Å². The lowest BCUT2D eigenvalue weighted by atomic mass is 9.89. The molecule has 4 nitrogen and oxygen atoms in total. The van der Waals surface area contributed by atoms with Crippen molar-refractivity contribution in [1.82, 2.24) is 10.6 Å². The Morgan fingerprint density at radius 2 is 1.55 bits per heavy atom. The van der Waals surface area contributed by atoms with Gasteiger partial charge in [-0.1, -0.05) is 12.8 Å². The van der Waals surface area contributed by atoms with Crippen LogP contribution < -0.4 is 10.6 Å². The second-order valence-electron chi connectivity index (χ2n) is 8.19. The first kappa shape index (κ1) is 17.6. The number of hydrogen-bond acceptors (Lipinski definition) is 3. The van der Waals surface area contributed by atoms with Crippen molar-refractivity contribution in [3.63, 3.8) is 0 Å². The molecular formula is C18H34N2O2. The molecule has 0 heterocycles. The number of ether oxygens (including phenoxy) is 1. The summed E-state index contributed by atoms with van der Waals surface area (Å²) in [4.78, 5) is 11.8. The summed E-state index contributed by atoms with van der Waals surface area (Å²) in [6.07, 6.45) is 9.72. The molecule has 0 unspecified atom stereocenters. The third-order valence-electron chi connectivity index (χ3n) is 5.05. The zero-order chi connectivity index (χ0) is 16.2. The van der Waals surface area contributed by atoms with Crippen LogP contribution in [-0.2, 0) is 4.74 Å². The van der Waals surface area contributed by atoms with Gasteiger partial charge in [-0.15, -0.1) is 0 Å². The summed E-state index contributed by atoms with van der Waals surface area (Å²) in [7, 11) is 0. The quantitative estimate of drug-likeness (QED) is 0.825. The minimum atomic E-state index is -0.417. The van der Waals surface area contributed by atoms with Gasteiger partial charge in [-0.2, -0.15) is 0 Å². The van der Waals surface area contributed by atoms with Crippen LogP contribution in [0.15, 0.2) is 0 Å². The molecule has 0 aliphatic heterocycles. The average Bonchev–Trinajstić information content (AvgIpc) is 2.92. The summed E-state index contributed by atoms with van der Waals surface area (Å²) in [5, 5.41) is 6.84. The van der Waals surface area contributed by atoms with Gasteiger partial charge < -0.3 is 15.4 Å². The Labute approximate surface area is 135 Å². The lowest BCUT2D eigenvalue weighted by Gasteiger charge is -2.33. The fourth-order valence-electron chi connectivity index (χ4n) is 3.84. The van der Waals surface area contributed by atoms with E-state index in [4.69, 9.17) is 4.74 Å². The number of alkyl carbamates (subject to hydrolysis) is 1. The molecule has 0 radical (unpaired) electrons. The molecule has 22 heavy (non-hydrogen) atoms. The molecule has 2 saturated carbocycles. The van der Waals surface area contributed by atoms with E-state index in [9.17, 15) is 4.79 Å². The predicted octanol–water partition coefficient (Wildman–Crippen LogP) is 3.99. The molecule has 0 spiro atoms. The zero-order valence-electron chi connectivity index (χ0n) is 14.8. The van der Waals surface area contributed by atoms with Crippen molar-refractivity contribution in [1.29, 1.82) is 0 Å². The van der Waals surface area contributed by atoms with E-state index in [1.165, 1.54) is 25.7 Å². The maximum absolute atomic E-state index is 11.8. The van der Waals surface area contributed by atoms with Gasteiger partial charge in [0.15, 0.2) is 0 Å². The number of nitrogens with one attached hydrogen (secondary N) is 2. The highest BCUT2D eigenvalue weighted by molar-refractivity contribution is 5.68. The van der Waals surface area contributed by atoms with Gasteiger partial charge in [-0.3, -0.25) is 0 Å². The molecule has 2 rings (SSSR count).